The van der Waals surface area contributed by atoms with Crippen molar-refractivity contribution in [2.45, 2.75) is 10.9 Å². The van der Waals surface area contributed by atoms with Gasteiger partial charge in [0.1, 0.15) is 6.33 Å². The van der Waals surface area contributed by atoms with E-state index in [1.807, 2.05) is 30.3 Å². The van der Waals surface area contributed by atoms with Crippen molar-refractivity contribution < 1.29 is 14.2 Å². The Kier molecular flexibility index (Phi) is 6.32. The van der Waals surface area contributed by atoms with Gasteiger partial charge < -0.3 is 14.2 Å². The van der Waals surface area contributed by atoms with Crippen molar-refractivity contribution in [3.05, 3.63) is 59.9 Å². The molecule has 1 aromatic heterocycles. The lowest BCUT2D eigenvalue weighted by Gasteiger charge is -2.12. The van der Waals surface area contributed by atoms with Crippen molar-refractivity contribution in [3.8, 4) is 17.2 Å². The molecule has 0 N–H and O–H groups in total. The molecule has 0 bridgehead atoms. The SMILES string of the molecule is COc1cc(C=Nn2cnnc2SCc2ccccc2)cc(OC)c1OC. The molecule has 0 aliphatic carbocycles. The Morgan fingerprint density at radius 2 is 1.74 bits per heavy atom. The molecule has 140 valence electrons. The molecule has 0 atom stereocenters. The van der Waals surface area contributed by atoms with Crippen LogP contribution >= 0.6 is 11.8 Å². The van der Waals surface area contributed by atoms with Crippen LogP contribution in [-0.4, -0.2) is 42.4 Å². The Hall–Kier alpha value is -3.00. The molecule has 0 aliphatic rings. The lowest BCUT2D eigenvalue weighted by molar-refractivity contribution is 0.324. The molecule has 0 saturated heterocycles. The fourth-order valence-corrected chi connectivity index (χ4v) is 3.24. The molecule has 2 aromatic carbocycles. The number of hydrogen-bond acceptors (Lipinski definition) is 7. The summed E-state index contributed by atoms with van der Waals surface area (Å²) in [6.07, 6.45) is 3.27. The van der Waals surface area contributed by atoms with Gasteiger partial charge in [0.15, 0.2) is 11.5 Å². The topological polar surface area (TPSA) is 70.8 Å². The molecule has 7 nitrogen and oxygen atoms in total. The van der Waals surface area contributed by atoms with E-state index < -0.39 is 0 Å². The minimum absolute atomic E-state index is 0.542. The fourth-order valence-electron chi connectivity index (χ4n) is 2.42. The van der Waals surface area contributed by atoms with E-state index in [4.69, 9.17) is 14.2 Å². The van der Waals surface area contributed by atoms with E-state index in [1.54, 1.807) is 50.3 Å². The van der Waals surface area contributed by atoms with Gasteiger partial charge in [-0.1, -0.05) is 42.1 Å². The summed E-state index contributed by atoms with van der Waals surface area (Å²) in [5.74, 6) is 2.47. The zero-order chi connectivity index (χ0) is 19.1. The summed E-state index contributed by atoms with van der Waals surface area (Å²) in [7, 11) is 4.73. The maximum absolute atomic E-state index is 5.37. The van der Waals surface area contributed by atoms with Crippen molar-refractivity contribution >= 4 is 18.0 Å². The second kappa shape index (κ2) is 9.09. The Morgan fingerprint density at radius 1 is 1.04 bits per heavy atom. The number of thioether (sulfide) groups is 1. The first-order valence-electron chi connectivity index (χ1n) is 8.16. The molecule has 0 saturated carbocycles. The first kappa shape index (κ1) is 18.8. The van der Waals surface area contributed by atoms with Crippen molar-refractivity contribution in [1.82, 2.24) is 14.9 Å². The van der Waals surface area contributed by atoms with E-state index >= 15 is 0 Å². The van der Waals surface area contributed by atoms with Gasteiger partial charge in [-0.25, -0.2) is 0 Å². The van der Waals surface area contributed by atoms with Crippen LogP contribution in [0.5, 0.6) is 17.2 Å². The second-order valence-electron chi connectivity index (χ2n) is 5.44. The summed E-state index contributed by atoms with van der Waals surface area (Å²) in [6, 6.07) is 13.8. The lowest BCUT2D eigenvalue weighted by atomic mass is 10.2. The Morgan fingerprint density at radius 3 is 2.37 bits per heavy atom. The maximum Gasteiger partial charge on any atom is 0.212 e. The van der Waals surface area contributed by atoms with Crippen LogP contribution in [0.15, 0.2) is 59.0 Å². The number of ether oxygens (including phenoxy) is 3. The highest BCUT2D eigenvalue weighted by molar-refractivity contribution is 7.98. The number of nitrogens with zero attached hydrogens (tertiary/aromatic N) is 4. The largest absolute Gasteiger partial charge is 0.493 e. The van der Waals surface area contributed by atoms with Crippen molar-refractivity contribution in [3.63, 3.8) is 0 Å². The summed E-state index contributed by atoms with van der Waals surface area (Å²) < 4.78 is 17.7. The number of hydrogen-bond donors (Lipinski definition) is 0. The molecular formula is C19H20N4O3S. The van der Waals surface area contributed by atoms with Crippen molar-refractivity contribution in [1.29, 1.82) is 0 Å². The van der Waals surface area contributed by atoms with E-state index in [0.29, 0.717) is 22.4 Å². The Bertz CT molecular complexity index is 887. The average molecular weight is 384 g/mol. The summed E-state index contributed by atoms with van der Waals surface area (Å²) >= 11 is 1.57. The molecule has 0 unspecified atom stereocenters. The van der Waals surface area contributed by atoms with Crippen LogP contribution in [0.4, 0.5) is 0 Å². The number of aromatic nitrogens is 3. The fraction of sp³-hybridized carbons (Fsp3) is 0.211. The van der Waals surface area contributed by atoms with Crippen LogP contribution in [0, 0.1) is 0 Å². The monoisotopic (exact) mass is 384 g/mol. The first-order chi connectivity index (χ1) is 13.2. The van der Waals surface area contributed by atoms with Gasteiger partial charge in [0.05, 0.1) is 27.5 Å². The van der Waals surface area contributed by atoms with Gasteiger partial charge in [-0.2, -0.15) is 9.78 Å². The minimum Gasteiger partial charge on any atom is -0.493 e. The Balaban J connectivity index is 1.78. The van der Waals surface area contributed by atoms with Gasteiger partial charge in [-0.05, 0) is 17.7 Å². The molecule has 3 rings (SSSR count). The second-order valence-corrected chi connectivity index (χ2v) is 6.38. The van der Waals surface area contributed by atoms with E-state index in [1.165, 1.54) is 5.56 Å². The first-order valence-corrected chi connectivity index (χ1v) is 9.14. The van der Waals surface area contributed by atoms with E-state index in [-0.39, 0.29) is 0 Å². The summed E-state index contributed by atoms with van der Waals surface area (Å²) in [4.78, 5) is 0. The molecular weight excluding hydrogens is 364 g/mol. The molecule has 27 heavy (non-hydrogen) atoms. The maximum atomic E-state index is 5.37. The molecule has 1 heterocycles. The van der Waals surface area contributed by atoms with Crippen LogP contribution in [0.2, 0.25) is 0 Å². The Labute approximate surface area is 162 Å². The highest BCUT2D eigenvalue weighted by Gasteiger charge is 2.12. The highest BCUT2D eigenvalue weighted by Crippen LogP contribution is 2.37. The van der Waals surface area contributed by atoms with E-state index in [2.05, 4.69) is 27.4 Å². The van der Waals surface area contributed by atoms with Crippen LogP contribution < -0.4 is 14.2 Å². The van der Waals surface area contributed by atoms with Gasteiger partial charge in [0.2, 0.25) is 10.9 Å². The van der Waals surface area contributed by atoms with Gasteiger partial charge in [-0.3, -0.25) is 0 Å². The third-order valence-electron chi connectivity index (χ3n) is 3.73. The van der Waals surface area contributed by atoms with Gasteiger partial charge in [0.25, 0.3) is 0 Å². The van der Waals surface area contributed by atoms with Crippen molar-refractivity contribution in [2.24, 2.45) is 5.10 Å². The predicted molar refractivity (Wildman–Crippen MR) is 105 cm³/mol. The predicted octanol–water partition coefficient (Wildman–Crippen LogP) is 3.48. The highest BCUT2D eigenvalue weighted by atomic mass is 32.2. The third-order valence-corrected chi connectivity index (χ3v) is 4.73. The van der Waals surface area contributed by atoms with Crippen molar-refractivity contribution in [2.75, 3.05) is 21.3 Å². The molecule has 0 aliphatic heterocycles. The quantitative estimate of drug-likeness (QED) is 0.437. The summed E-state index contributed by atoms with van der Waals surface area (Å²) in [6.45, 7) is 0. The van der Waals surface area contributed by atoms with Crippen LogP contribution in [0.3, 0.4) is 0 Å². The molecule has 3 aromatic rings. The standard InChI is InChI=1S/C19H20N4O3S/c1-24-16-9-15(10-17(25-2)18(16)26-3)11-21-23-13-20-22-19(23)27-12-14-7-5-4-6-8-14/h4-11,13H,12H2,1-3H3. The number of benzene rings is 2. The summed E-state index contributed by atoms with van der Waals surface area (Å²) in [5, 5.41) is 13.2. The molecule has 0 fully saturated rings. The van der Waals surface area contributed by atoms with Crippen LogP contribution in [-0.2, 0) is 5.75 Å². The molecule has 8 heteroatoms. The van der Waals surface area contributed by atoms with E-state index in [9.17, 15) is 0 Å². The van der Waals surface area contributed by atoms with Crippen LogP contribution in [0.1, 0.15) is 11.1 Å². The van der Waals surface area contributed by atoms with Gasteiger partial charge >= 0.3 is 0 Å². The minimum atomic E-state index is 0.542. The average Bonchev–Trinajstić information content (AvgIpc) is 3.18. The number of rotatable bonds is 8. The lowest BCUT2D eigenvalue weighted by Crippen LogP contribution is -1.98. The van der Waals surface area contributed by atoms with Gasteiger partial charge in [-0.15, -0.1) is 10.2 Å². The molecule has 0 amide bonds. The smallest absolute Gasteiger partial charge is 0.212 e. The molecule has 0 radical (unpaired) electrons. The van der Waals surface area contributed by atoms with Crippen LogP contribution in [0.25, 0.3) is 0 Å². The zero-order valence-corrected chi connectivity index (χ0v) is 16.1. The molecule has 0 spiro atoms. The zero-order valence-electron chi connectivity index (χ0n) is 15.3. The van der Waals surface area contributed by atoms with Gasteiger partial charge in [0, 0.05) is 11.3 Å². The summed E-state index contributed by atoms with van der Waals surface area (Å²) in [5.41, 5.74) is 2.02. The van der Waals surface area contributed by atoms with E-state index in [0.717, 1.165) is 11.3 Å². The third kappa shape index (κ3) is 4.59. The number of methoxy groups -OCH3 is 3. The normalized spacial score (nSPS) is 10.9.